The van der Waals surface area contributed by atoms with Crippen LogP contribution < -0.4 is 4.74 Å². The summed E-state index contributed by atoms with van der Waals surface area (Å²) in [6.45, 7) is 7.02. The maximum absolute atomic E-state index is 12.6. The molecule has 0 unspecified atom stereocenters. The summed E-state index contributed by atoms with van der Waals surface area (Å²) in [4.78, 5) is 18.6. The highest BCUT2D eigenvalue weighted by molar-refractivity contribution is 6.37. The van der Waals surface area contributed by atoms with E-state index >= 15 is 0 Å². The fourth-order valence-corrected chi connectivity index (χ4v) is 4.62. The molecule has 10 heteroatoms. The SMILES string of the molecule is CC(C)(C)OC(=O)N1CCC(COc2ncc(-c3cc(Cl)c(O)c(Cl)c3)nn2)(c2ccccc2)CC1. The number of amides is 1. The Morgan fingerprint density at radius 3 is 2.28 bits per heavy atom. The van der Waals surface area contributed by atoms with E-state index in [2.05, 4.69) is 27.3 Å². The number of carbonyl (C=O) groups excluding carboxylic acids is 1. The van der Waals surface area contributed by atoms with Crippen LogP contribution in [0.25, 0.3) is 11.3 Å². The summed E-state index contributed by atoms with van der Waals surface area (Å²) in [6.07, 6.45) is 2.61. The van der Waals surface area contributed by atoms with Crippen molar-refractivity contribution in [3.05, 3.63) is 64.3 Å². The molecule has 1 fully saturated rings. The molecule has 1 saturated heterocycles. The number of rotatable bonds is 5. The molecule has 2 heterocycles. The Hall–Kier alpha value is -3.10. The Morgan fingerprint density at radius 1 is 1.08 bits per heavy atom. The summed E-state index contributed by atoms with van der Waals surface area (Å²) in [5.74, 6) is -0.188. The molecule has 190 valence electrons. The van der Waals surface area contributed by atoms with Crippen LogP contribution in [0.15, 0.2) is 48.7 Å². The molecule has 0 radical (unpaired) electrons. The zero-order valence-corrected chi connectivity index (χ0v) is 21.9. The molecule has 36 heavy (non-hydrogen) atoms. The molecule has 0 saturated carbocycles. The molecular weight excluding hydrogens is 503 g/mol. The number of piperidine rings is 1. The molecule has 1 aliphatic heterocycles. The van der Waals surface area contributed by atoms with Gasteiger partial charge in [0.15, 0.2) is 5.75 Å². The van der Waals surface area contributed by atoms with Gasteiger partial charge in [-0.2, -0.15) is 0 Å². The third-order valence-electron chi connectivity index (χ3n) is 6.09. The third-order valence-corrected chi connectivity index (χ3v) is 6.67. The quantitative estimate of drug-likeness (QED) is 0.438. The van der Waals surface area contributed by atoms with Gasteiger partial charge in [-0.15, -0.1) is 5.10 Å². The van der Waals surface area contributed by atoms with Gasteiger partial charge in [0.25, 0.3) is 0 Å². The van der Waals surface area contributed by atoms with Crippen LogP contribution in [-0.2, 0) is 10.2 Å². The molecule has 8 nitrogen and oxygen atoms in total. The van der Waals surface area contributed by atoms with Crippen molar-refractivity contribution < 1.29 is 19.4 Å². The number of aromatic hydroxyl groups is 1. The van der Waals surface area contributed by atoms with Crippen molar-refractivity contribution in [2.24, 2.45) is 0 Å². The average Bonchev–Trinajstić information content (AvgIpc) is 2.86. The number of benzene rings is 2. The van der Waals surface area contributed by atoms with Gasteiger partial charge in [-0.3, -0.25) is 0 Å². The van der Waals surface area contributed by atoms with Gasteiger partial charge < -0.3 is 19.5 Å². The number of phenols is 1. The van der Waals surface area contributed by atoms with Crippen LogP contribution in [0.1, 0.15) is 39.2 Å². The van der Waals surface area contributed by atoms with E-state index in [0.717, 1.165) is 5.56 Å². The second-order valence-corrected chi connectivity index (χ2v) is 10.6. The van der Waals surface area contributed by atoms with Crippen molar-refractivity contribution in [3.8, 4) is 23.0 Å². The molecule has 1 aliphatic rings. The van der Waals surface area contributed by atoms with E-state index in [4.69, 9.17) is 32.7 Å². The third kappa shape index (κ3) is 5.99. The Morgan fingerprint density at radius 2 is 1.72 bits per heavy atom. The largest absolute Gasteiger partial charge is 0.505 e. The van der Waals surface area contributed by atoms with E-state index in [-0.39, 0.29) is 33.3 Å². The number of hydrogen-bond acceptors (Lipinski definition) is 7. The zero-order valence-electron chi connectivity index (χ0n) is 20.4. The second-order valence-electron chi connectivity index (χ2n) is 9.82. The van der Waals surface area contributed by atoms with Gasteiger partial charge in [-0.25, -0.2) is 9.78 Å². The minimum Gasteiger partial charge on any atom is -0.505 e. The first-order valence-corrected chi connectivity index (χ1v) is 12.4. The minimum absolute atomic E-state index is 0.113. The predicted octanol–water partition coefficient (Wildman–Crippen LogP) is 5.90. The van der Waals surface area contributed by atoms with E-state index < -0.39 is 5.60 Å². The number of halogens is 2. The molecule has 2 aromatic carbocycles. The standard InChI is InChI=1S/C26H28Cl2N4O4/c1-25(2,3)36-24(34)32-11-9-26(10-12-32,18-7-5-4-6-8-18)16-35-23-29-15-21(30-31-23)17-13-19(27)22(33)20(28)14-17/h4-8,13-15,33H,9-12,16H2,1-3H3. The van der Waals surface area contributed by atoms with Gasteiger partial charge in [-0.1, -0.05) is 58.6 Å². The molecular formula is C26H28Cl2N4O4. The Bertz CT molecular complexity index is 1190. The lowest BCUT2D eigenvalue weighted by Gasteiger charge is -2.41. The fraction of sp³-hybridized carbons (Fsp3) is 0.385. The predicted molar refractivity (Wildman–Crippen MR) is 138 cm³/mol. The van der Waals surface area contributed by atoms with Gasteiger partial charge in [0.2, 0.25) is 0 Å². The molecule has 1 N–H and O–H groups in total. The van der Waals surface area contributed by atoms with E-state index in [1.165, 1.54) is 18.3 Å². The highest BCUT2D eigenvalue weighted by Crippen LogP contribution is 2.37. The zero-order chi connectivity index (χ0) is 25.9. The average molecular weight is 531 g/mol. The Kier molecular flexibility index (Phi) is 7.57. The van der Waals surface area contributed by atoms with E-state index in [1.54, 1.807) is 4.90 Å². The molecule has 0 aliphatic carbocycles. The number of aromatic nitrogens is 3. The highest BCUT2D eigenvalue weighted by atomic mass is 35.5. The second kappa shape index (κ2) is 10.5. The van der Waals surface area contributed by atoms with Gasteiger partial charge in [0.05, 0.1) is 16.2 Å². The fourth-order valence-electron chi connectivity index (χ4n) is 4.13. The summed E-state index contributed by atoms with van der Waals surface area (Å²) < 4.78 is 11.6. The van der Waals surface area contributed by atoms with Crippen molar-refractivity contribution in [1.29, 1.82) is 0 Å². The van der Waals surface area contributed by atoms with Crippen LogP contribution in [0.3, 0.4) is 0 Å². The van der Waals surface area contributed by atoms with Crippen LogP contribution in [-0.4, -0.2) is 56.6 Å². The number of ether oxygens (including phenoxy) is 2. The number of likely N-dealkylation sites (tertiary alicyclic amines) is 1. The number of carbonyl (C=O) groups is 1. The summed E-state index contributed by atoms with van der Waals surface area (Å²) in [5.41, 5.74) is 1.28. The maximum atomic E-state index is 12.6. The van der Waals surface area contributed by atoms with Crippen LogP contribution in [0.4, 0.5) is 4.79 Å². The molecule has 0 spiro atoms. The monoisotopic (exact) mass is 530 g/mol. The number of hydrogen-bond donors (Lipinski definition) is 1. The van der Waals surface area contributed by atoms with Gasteiger partial charge in [0, 0.05) is 24.1 Å². The molecule has 0 bridgehead atoms. The first-order chi connectivity index (χ1) is 17.1. The highest BCUT2D eigenvalue weighted by Gasteiger charge is 2.39. The topological polar surface area (TPSA) is 97.7 Å². The smallest absolute Gasteiger partial charge is 0.410 e. The Labute approximate surface area is 220 Å². The lowest BCUT2D eigenvalue weighted by molar-refractivity contribution is 0.0129. The van der Waals surface area contributed by atoms with Crippen LogP contribution in [0.5, 0.6) is 11.8 Å². The summed E-state index contributed by atoms with van der Waals surface area (Å²) in [7, 11) is 0. The van der Waals surface area contributed by atoms with Crippen LogP contribution >= 0.6 is 23.2 Å². The van der Waals surface area contributed by atoms with Crippen molar-refractivity contribution in [2.45, 2.75) is 44.6 Å². The number of nitrogens with zero attached hydrogens (tertiary/aromatic N) is 4. The molecule has 3 aromatic rings. The van der Waals surface area contributed by atoms with Crippen molar-refractivity contribution >= 4 is 29.3 Å². The first-order valence-electron chi connectivity index (χ1n) is 11.6. The van der Waals surface area contributed by atoms with E-state index in [1.807, 2.05) is 39.0 Å². The minimum atomic E-state index is -0.540. The van der Waals surface area contributed by atoms with Gasteiger partial charge in [-0.05, 0) is 51.3 Å². The lowest BCUT2D eigenvalue weighted by Crippen LogP contribution is -2.49. The molecule has 1 amide bonds. The summed E-state index contributed by atoms with van der Waals surface area (Å²) in [5, 5.41) is 18.3. The van der Waals surface area contributed by atoms with Crippen molar-refractivity contribution in [2.75, 3.05) is 19.7 Å². The van der Waals surface area contributed by atoms with Crippen molar-refractivity contribution in [1.82, 2.24) is 20.1 Å². The van der Waals surface area contributed by atoms with Crippen LogP contribution in [0.2, 0.25) is 10.0 Å². The summed E-state index contributed by atoms with van der Waals surface area (Å²) in [6, 6.07) is 13.3. The van der Waals surface area contributed by atoms with E-state index in [9.17, 15) is 9.90 Å². The molecule has 4 rings (SSSR count). The first kappa shape index (κ1) is 26.0. The van der Waals surface area contributed by atoms with Gasteiger partial charge >= 0.3 is 12.1 Å². The molecule has 0 atom stereocenters. The normalized spacial score (nSPS) is 15.4. The van der Waals surface area contributed by atoms with Crippen molar-refractivity contribution in [3.63, 3.8) is 0 Å². The van der Waals surface area contributed by atoms with E-state index in [0.29, 0.717) is 43.8 Å². The van der Waals surface area contributed by atoms with Gasteiger partial charge in [0.1, 0.15) is 17.9 Å². The Balaban J connectivity index is 1.47. The molecule has 1 aromatic heterocycles. The maximum Gasteiger partial charge on any atom is 0.410 e. The number of phenolic OH excluding ortho intramolecular Hbond substituents is 1. The lowest BCUT2D eigenvalue weighted by atomic mass is 9.73. The summed E-state index contributed by atoms with van der Waals surface area (Å²) >= 11 is 12.0. The van der Waals surface area contributed by atoms with Crippen LogP contribution in [0, 0.1) is 0 Å².